The van der Waals surface area contributed by atoms with Crippen molar-refractivity contribution in [3.63, 3.8) is 0 Å². The molecule has 200 valence electrons. The van der Waals surface area contributed by atoms with E-state index in [1.165, 1.54) is 6.08 Å². The number of carboxylic acids is 1. The highest BCUT2D eigenvalue weighted by Gasteiger charge is 2.55. The predicted molar refractivity (Wildman–Crippen MR) is 131 cm³/mol. The minimum Gasteiger partial charge on any atom is -0.481 e. The van der Waals surface area contributed by atoms with Crippen LogP contribution in [-0.2, 0) is 46.3 Å². The summed E-state index contributed by atoms with van der Waals surface area (Å²) >= 11 is 0. The van der Waals surface area contributed by atoms with Gasteiger partial charge < -0.3 is 34.4 Å². The molecule has 0 radical (unpaired) electrons. The summed E-state index contributed by atoms with van der Waals surface area (Å²) in [5, 5.41) is 13.7. The molecular weight excluding hydrogens is 498 g/mol. The Morgan fingerprint density at radius 1 is 1.24 bits per heavy atom. The van der Waals surface area contributed by atoms with Gasteiger partial charge in [0.05, 0.1) is 19.6 Å². The molecule has 38 heavy (non-hydrogen) atoms. The molecule has 2 aromatic rings. The van der Waals surface area contributed by atoms with Gasteiger partial charge in [0, 0.05) is 23.1 Å². The number of nitrogens with zero attached hydrogens (tertiary/aromatic N) is 1. The first-order valence-corrected chi connectivity index (χ1v) is 12.1. The number of aliphatic carboxylic acids is 1. The Bertz CT molecular complexity index is 1330. The molecule has 0 spiro atoms. The number of ketones is 1. The van der Waals surface area contributed by atoms with E-state index in [9.17, 15) is 24.3 Å². The molecule has 1 amide bonds. The van der Waals surface area contributed by atoms with Gasteiger partial charge in [-0.05, 0) is 24.1 Å². The normalized spacial score (nSPS) is 24.3. The minimum atomic E-state index is -1.66. The summed E-state index contributed by atoms with van der Waals surface area (Å²) in [6.07, 6.45) is 4.01. The van der Waals surface area contributed by atoms with Gasteiger partial charge in [0.1, 0.15) is 12.1 Å². The molecule has 4 atom stereocenters. The molecule has 3 N–H and O–H groups in total. The highest BCUT2D eigenvalue weighted by molar-refractivity contribution is 5.91. The Morgan fingerprint density at radius 3 is 2.84 bits per heavy atom. The molecule has 5 rings (SSSR count). The second kappa shape index (κ2) is 10.4. The van der Waals surface area contributed by atoms with E-state index in [4.69, 9.17) is 18.9 Å². The van der Waals surface area contributed by atoms with Crippen LogP contribution in [0.4, 0.5) is 4.79 Å². The number of ether oxygens (including phenoxy) is 4. The van der Waals surface area contributed by atoms with Gasteiger partial charge in [-0.15, -0.1) is 0 Å². The maximum Gasteiger partial charge on any atom is 0.413 e. The van der Waals surface area contributed by atoms with Crippen molar-refractivity contribution in [2.45, 2.75) is 43.3 Å². The molecule has 1 unspecified atom stereocenters. The van der Waals surface area contributed by atoms with Crippen LogP contribution >= 0.6 is 0 Å². The SMILES string of the molecule is COC(=O)[C@H](CC(=O)O)N(C(=O)OCC(=O)[C@@H]1Cc2c([nH]c3ccccc23)CN1)[C@]12C=CC=CC1OCO2. The topological polar surface area (TPSA) is 156 Å². The van der Waals surface area contributed by atoms with E-state index in [2.05, 4.69) is 10.3 Å². The van der Waals surface area contributed by atoms with Gasteiger partial charge in [0.2, 0.25) is 0 Å². The Hall–Kier alpha value is -4.00. The third-order valence-corrected chi connectivity index (χ3v) is 6.97. The van der Waals surface area contributed by atoms with Crippen LogP contribution in [0.15, 0.2) is 48.6 Å². The molecule has 1 saturated heterocycles. The van der Waals surface area contributed by atoms with Gasteiger partial charge in [0.15, 0.2) is 24.9 Å². The summed E-state index contributed by atoms with van der Waals surface area (Å²) < 4.78 is 21.5. The van der Waals surface area contributed by atoms with E-state index in [0.717, 1.165) is 34.2 Å². The van der Waals surface area contributed by atoms with E-state index in [0.29, 0.717) is 13.0 Å². The van der Waals surface area contributed by atoms with Crippen molar-refractivity contribution >= 4 is 34.7 Å². The monoisotopic (exact) mass is 525 g/mol. The number of hydrogen-bond acceptors (Lipinski definition) is 9. The lowest BCUT2D eigenvalue weighted by Gasteiger charge is -2.42. The number of methoxy groups -OCH3 is 1. The zero-order chi connectivity index (χ0) is 26.9. The smallest absolute Gasteiger partial charge is 0.413 e. The lowest BCUT2D eigenvalue weighted by Crippen LogP contribution is -2.63. The van der Waals surface area contributed by atoms with E-state index in [1.807, 2.05) is 24.3 Å². The van der Waals surface area contributed by atoms with Crippen LogP contribution in [0.25, 0.3) is 10.9 Å². The molecule has 3 aliphatic rings. The number of hydrogen-bond donors (Lipinski definition) is 3. The quantitative estimate of drug-likeness (QED) is 0.431. The lowest BCUT2D eigenvalue weighted by molar-refractivity contribution is -0.162. The number of fused-ring (bicyclic) bond motifs is 4. The van der Waals surface area contributed by atoms with Crippen LogP contribution in [0.1, 0.15) is 17.7 Å². The summed E-state index contributed by atoms with van der Waals surface area (Å²) in [6.45, 7) is -0.384. The van der Waals surface area contributed by atoms with Crippen molar-refractivity contribution in [2.24, 2.45) is 0 Å². The molecule has 1 aromatic heterocycles. The van der Waals surface area contributed by atoms with Gasteiger partial charge in [-0.25, -0.2) is 9.59 Å². The summed E-state index contributed by atoms with van der Waals surface area (Å²) in [7, 11) is 1.08. The van der Waals surface area contributed by atoms with Gasteiger partial charge in [-0.2, -0.15) is 0 Å². The van der Waals surface area contributed by atoms with Crippen molar-refractivity contribution in [1.82, 2.24) is 15.2 Å². The molecule has 1 fully saturated rings. The maximum atomic E-state index is 13.5. The van der Waals surface area contributed by atoms with E-state index < -0.39 is 55.0 Å². The number of aromatic amines is 1. The summed E-state index contributed by atoms with van der Waals surface area (Å²) in [5.41, 5.74) is 1.33. The Balaban J connectivity index is 1.35. The van der Waals surface area contributed by atoms with Crippen LogP contribution in [0.5, 0.6) is 0 Å². The fourth-order valence-electron chi connectivity index (χ4n) is 5.15. The summed E-state index contributed by atoms with van der Waals surface area (Å²) in [5.74, 6) is -2.71. The minimum absolute atomic E-state index is 0.220. The molecular formula is C26H27N3O9. The van der Waals surface area contributed by atoms with Crippen molar-refractivity contribution in [3.8, 4) is 0 Å². The van der Waals surface area contributed by atoms with Crippen LogP contribution in [0.2, 0.25) is 0 Å². The number of H-pyrrole nitrogens is 1. The predicted octanol–water partition coefficient (Wildman–Crippen LogP) is 1.40. The van der Waals surface area contributed by atoms with Gasteiger partial charge >= 0.3 is 18.0 Å². The molecule has 12 heteroatoms. The Labute approximate surface area is 217 Å². The molecule has 1 aliphatic carbocycles. The number of carbonyl (C=O) groups excluding carboxylic acids is 3. The number of benzene rings is 1. The van der Waals surface area contributed by atoms with Crippen LogP contribution < -0.4 is 5.32 Å². The summed E-state index contributed by atoms with van der Waals surface area (Å²) in [6, 6.07) is 5.59. The number of carboxylic acid groups (broad SMARTS) is 1. The number of Topliss-reactive ketones (excluding diaryl/α,β-unsaturated/α-hetero) is 1. The van der Waals surface area contributed by atoms with Gasteiger partial charge in [-0.3, -0.25) is 14.5 Å². The zero-order valence-corrected chi connectivity index (χ0v) is 20.5. The van der Waals surface area contributed by atoms with Gasteiger partial charge in [0.25, 0.3) is 0 Å². The molecule has 0 saturated carbocycles. The second-order valence-corrected chi connectivity index (χ2v) is 9.14. The van der Waals surface area contributed by atoms with E-state index >= 15 is 0 Å². The highest BCUT2D eigenvalue weighted by Crippen LogP contribution is 2.37. The van der Waals surface area contributed by atoms with Crippen LogP contribution in [0, 0.1) is 0 Å². The number of rotatable bonds is 8. The van der Waals surface area contributed by atoms with Crippen molar-refractivity contribution in [1.29, 1.82) is 0 Å². The fourth-order valence-corrected chi connectivity index (χ4v) is 5.15. The standard InChI is InChI=1S/C26H27N3O9/c1-35-24(33)20(11-23(31)32)29(26-9-5-4-8-22(26)37-14-38-26)25(34)36-13-21(30)18-10-16-15-6-2-3-7-17(15)28-19(16)12-27-18/h2-9,18,20,22,27-28H,10-14H2,1H3,(H,31,32)/t18-,20-,22?,26-/m0/s1. The number of aromatic nitrogens is 1. The van der Waals surface area contributed by atoms with E-state index in [1.54, 1.807) is 18.2 Å². The van der Waals surface area contributed by atoms with Crippen molar-refractivity contribution in [3.05, 3.63) is 59.8 Å². The van der Waals surface area contributed by atoms with E-state index in [-0.39, 0.29) is 12.6 Å². The third-order valence-electron chi connectivity index (χ3n) is 6.97. The fraction of sp³-hybridized carbons (Fsp3) is 0.385. The Morgan fingerprint density at radius 2 is 2.05 bits per heavy atom. The zero-order valence-electron chi connectivity index (χ0n) is 20.5. The molecule has 3 heterocycles. The van der Waals surface area contributed by atoms with Crippen molar-refractivity contribution in [2.75, 3.05) is 20.5 Å². The number of para-hydroxylation sites is 1. The second-order valence-electron chi connectivity index (χ2n) is 9.14. The largest absolute Gasteiger partial charge is 0.481 e. The van der Waals surface area contributed by atoms with Crippen LogP contribution in [0.3, 0.4) is 0 Å². The molecule has 12 nitrogen and oxygen atoms in total. The first kappa shape index (κ1) is 25.6. The molecule has 1 aromatic carbocycles. The number of allylic oxidation sites excluding steroid dienone is 2. The first-order valence-electron chi connectivity index (χ1n) is 12.1. The highest BCUT2D eigenvalue weighted by atomic mass is 16.7. The first-order chi connectivity index (χ1) is 18.3. The summed E-state index contributed by atoms with van der Waals surface area (Å²) in [4.78, 5) is 55.0. The Kier molecular flexibility index (Phi) is 7.02. The average Bonchev–Trinajstić information content (AvgIpc) is 3.52. The molecule has 0 bridgehead atoms. The average molecular weight is 526 g/mol. The number of nitrogens with one attached hydrogen (secondary N) is 2. The number of esters is 1. The number of amides is 1. The third kappa shape index (κ3) is 4.57. The van der Waals surface area contributed by atoms with Crippen molar-refractivity contribution < 1.29 is 43.2 Å². The van der Waals surface area contributed by atoms with Crippen LogP contribution in [-0.4, -0.2) is 83.2 Å². The number of carbonyl (C=O) groups is 4. The lowest BCUT2D eigenvalue weighted by atomic mass is 9.96. The van der Waals surface area contributed by atoms with Gasteiger partial charge in [-0.1, -0.05) is 36.4 Å². The maximum absolute atomic E-state index is 13.5. The molecule has 2 aliphatic heterocycles.